The smallest absolute Gasteiger partial charge is 0.273 e. The van der Waals surface area contributed by atoms with Gasteiger partial charge in [-0.1, -0.05) is 0 Å². The number of nitrogens with zero attached hydrogens (tertiary/aromatic N) is 3. The van der Waals surface area contributed by atoms with E-state index in [0.717, 1.165) is 19.0 Å². The van der Waals surface area contributed by atoms with Crippen molar-refractivity contribution in [1.82, 2.24) is 20.1 Å². The molecule has 2 N–H and O–H groups in total. The Morgan fingerprint density at radius 1 is 1.32 bits per heavy atom. The highest BCUT2D eigenvalue weighted by Gasteiger charge is 2.28. The predicted molar refractivity (Wildman–Crippen MR) is 97.7 cm³/mol. The van der Waals surface area contributed by atoms with E-state index in [9.17, 15) is 9.90 Å². The van der Waals surface area contributed by atoms with Crippen LogP contribution in [0.25, 0.3) is 0 Å². The summed E-state index contributed by atoms with van der Waals surface area (Å²) in [6.45, 7) is 5.42. The van der Waals surface area contributed by atoms with Crippen LogP contribution in [0.15, 0.2) is 18.3 Å². The molecule has 3 heterocycles. The Bertz CT molecular complexity index is 572. The van der Waals surface area contributed by atoms with Crippen LogP contribution < -0.4 is 5.32 Å². The number of amides is 1. The van der Waals surface area contributed by atoms with Crippen LogP contribution in [-0.2, 0) is 0 Å². The number of piperidine rings is 2. The second kappa shape index (κ2) is 8.63. The highest BCUT2D eigenvalue weighted by atomic mass is 16.3. The lowest BCUT2D eigenvalue weighted by Crippen LogP contribution is -2.48. The first kappa shape index (κ1) is 18.1. The molecule has 2 fully saturated rings. The minimum absolute atomic E-state index is 0.0638. The first-order valence-corrected chi connectivity index (χ1v) is 9.48. The highest BCUT2D eigenvalue weighted by molar-refractivity contribution is 5.94. The zero-order valence-corrected chi connectivity index (χ0v) is 15.2. The van der Waals surface area contributed by atoms with Gasteiger partial charge in [0.25, 0.3) is 5.91 Å². The van der Waals surface area contributed by atoms with Crippen LogP contribution in [0.3, 0.4) is 0 Å². The van der Waals surface area contributed by atoms with E-state index < -0.39 is 0 Å². The van der Waals surface area contributed by atoms with E-state index in [1.807, 2.05) is 0 Å². The Hall–Kier alpha value is -1.66. The van der Waals surface area contributed by atoms with Gasteiger partial charge in [-0.2, -0.15) is 0 Å². The first-order chi connectivity index (χ1) is 12.1. The molecule has 0 radical (unpaired) electrons. The van der Waals surface area contributed by atoms with Gasteiger partial charge < -0.3 is 20.2 Å². The van der Waals surface area contributed by atoms with Gasteiger partial charge in [0.2, 0.25) is 0 Å². The molecular formula is C19H30N4O2. The Labute approximate surface area is 150 Å². The van der Waals surface area contributed by atoms with E-state index in [1.54, 1.807) is 6.07 Å². The zero-order valence-electron chi connectivity index (χ0n) is 15.2. The summed E-state index contributed by atoms with van der Waals surface area (Å²) in [4.78, 5) is 21.1. The Kier molecular flexibility index (Phi) is 6.26. The van der Waals surface area contributed by atoms with Gasteiger partial charge in [-0.25, -0.2) is 4.98 Å². The number of aromatic nitrogens is 1. The number of carbonyl (C=O) groups is 1. The van der Waals surface area contributed by atoms with Gasteiger partial charge in [-0.05, 0) is 76.8 Å². The standard InChI is InChI=1S/C19H30N4O2/c1-22-12-7-16(8-13-22)23-11-3-4-15(14-23)6-10-21-19(25)18-17(24)5-2-9-20-18/h2,5,9,15-16,24H,3-4,6-8,10-14H2,1H3,(H,21,25). The van der Waals surface area contributed by atoms with Crippen LogP contribution in [0, 0.1) is 5.92 Å². The number of rotatable bonds is 5. The molecule has 0 aromatic carbocycles. The van der Waals surface area contributed by atoms with Crippen molar-refractivity contribution in [3.8, 4) is 5.75 Å². The molecule has 2 saturated heterocycles. The molecule has 1 atom stereocenters. The zero-order chi connectivity index (χ0) is 17.6. The van der Waals surface area contributed by atoms with E-state index in [4.69, 9.17) is 0 Å². The van der Waals surface area contributed by atoms with Crippen LogP contribution in [0.2, 0.25) is 0 Å². The van der Waals surface area contributed by atoms with Gasteiger partial charge in [0, 0.05) is 25.3 Å². The maximum absolute atomic E-state index is 12.1. The molecule has 1 aromatic heterocycles. The van der Waals surface area contributed by atoms with Gasteiger partial charge in [0.1, 0.15) is 5.75 Å². The fourth-order valence-corrected chi connectivity index (χ4v) is 4.07. The topological polar surface area (TPSA) is 68.7 Å². The summed E-state index contributed by atoms with van der Waals surface area (Å²) >= 11 is 0. The molecule has 25 heavy (non-hydrogen) atoms. The van der Waals surface area contributed by atoms with Crippen molar-refractivity contribution in [2.45, 2.75) is 38.1 Å². The highest BCUT2D eigenvalue weighted by Crippen LogP contribution is 2.25. The molecule has 2 aliphatic heterocycles. The first-order valence-electron chi connectivity index (χ1n) is 9.48. The van der Waals surface area contributed by atoms with E-state index in [-0.39, 0.29) is 17.4 Å². The van der Waals surface area contributed by atoms with Crippen molar-refractivity contribution >= 4 is 5.91 Å². The summed E-state index contributed by atoms with van der Waals surface area (Å²) in [6, 6.07) is 3.84. The molecule has 0 spiro atoms. The van der Waals surface area contributed by atoms with Crippen LogP contribution >= 0.6 is 0 Å². The SMILES string of the molecule is CN1CCC(N2CCCC(CCNC(=O)c3ncccc3O)C2)CC1. The van der Waals surface area contributed by atoms with Crippen LogP contribution in [0.5, 0.6) is 5.75 Å². The molecule has 2 aliphatic rings. The summed E-state index contributed by atoms with van der Waals surface area (Å²) in [5.41, 5.74) is 0.110. The average molecular weight is 346 g/mol. The summed E-state index contributed by atoms with van der Waals surface area (Å²) < 4.78 is 0. The number of aromatic hydroxyl groups is 1. The van der Waals surface area contributed by atoms with Gasteiger partial charge in [0.05, 0.1) is 0 Å². The summed E-state index contributed by atoms with van der Waals surface area (Å²) in [5, 5.41) is 12.6. The normalized spacial score (nSPS) is 23.5. The van der Waals surface area contributed by atoms with E-state index in [0.29, 0.717) is 12.5 Å². The molecule has 1 unspecified atom stereocenters. The lowest BCUT2D eigenvalue weighted by atomic mass is 9.92. The van der Waals surface area contributed by atoms with Crippen molar-refractivity contribution in [1.29, 1.82) is 0 Å². The van der Waals surface area contributed by atoms with Crippen molar-refractivity contribution in [2.75, 3.05) is 39.8 Å². The lowest BCUT2D eigenvalue weighted by molar-refractivity contribution is 0.0756. The predicted octanol–water partition coefficient (Wildman–Crippen LogP) is 1.71. The second-order valence-corrected chi connectivity index (χ2v) is 7.45. The van der Waals surface area contributed by atoms with Crippen molar-refractivity contribution in [2.24, 2.45) is 5.92 Å². The number of nitrogens with one attached hydrogen (secondary N) is 1. The molecule has 6 heteroatoms. The summed E-state index contributed by atoms with van der Waals surface area (Å²) in [6.07, 6.45) is 7.56. The van der Waals surface area contributed by atoms with E-state index in [2.05, 4.69) is 27.1 Å². The number of pyridine rings is 1. The Balaban J connectivity index is 1.42. The van der Waals surface area contributed by atoms with Gasteiger partial charge in [-0.3, -0.25) is 4.79 Å². The van der Waals surface area contributed by atoms with Crippen LogP contribution in [0.4, 0.5) is 0 Å². The van der Waals surface area contributed by atoms with Crippen molar-refractivity contribution < 1.29 is 9.90 Å². The number of likely N-dealkylation sites (tertiary alicyclic amines) is 2. The largest absolute Gasteiger partial charge is 0.505 e. The maximum atomic E-state index is 12.1. The molecule has 0 aliphatic carbocycles. The van der Waals surface area contributed by atoms with E-state index in [1.165, 1.54) is 57.6 Å². The summed E-state index contributed by atoms with van der Waals surface area (Å²) in [7, 11) is 2.21. The molecule has 0 bridgehead atoms. The van der Waals surface area contributed by atoms with Crippen LogP contribution in [-0.4, -0.2) is 71.6 Å². The third kappa shape index (κ3) is 4.92. The van der Waals surface area contributed by atoms with E-state index >= 15 is 0 Å². The molecule has 0 saturated carbocycles. The van der Waals surface area contributed by atoms with Crippen molar-refractivity contribution in [3.63, 3.8) is 0 Å². The van der Waals surface area contributed by atoms with Gasteiger partial charge >= 0.3 is 0 Å². The Morgan fingerprint density at radius 2 is 2.12 bits per heavy atom. The molecule has 1 aromatic rings. The van der Waals surface area contributed by atoms with Gasteiger partial charge in [-0.15, -0.1) is 0 Å². The molecule has 138 valence electrons. The summed E-state index contributed by atoms with van der Waals surface area (Å²) in [5.74, 6) is 0.290. The number of hydrogen-bond donors (Lipinski definition) is 2. The fourth-order valence-electron chi connectivity index (χ4n) is 4.07. The second-order valence-electron chi connectivity index (χ2n) is 7.45. The minimum Gasteiger partial charge on any atom is -0.505 e. The third-order valence-corrected chi connectivity index (χ3v) is 5.59. The lowest BCUT2D eigenvalue weighted by Gasteiger charge is -2.41. The number of carbonyl (C=O) groups excluding carboxylic acids is 1. The molecular weight excluding hydrogens is 316 g/mol. The third-order valence-electron chi connectivity index (χ3n) is 5.59. The van der Waals surface area contributed by atoms with Gasteiger partial charge in [0.15, 0.2) is 5.69 Å². The molecule has 1 amide bonds. The van der Waals surface area contributed by atoms with Crippen molar-refractivity contribution in [3.05, 3.63) is 24.0 Å². The molecule has 3 rings (SSSR count). The van der Waals surface area contributed by atoms with Crippen LogP contribution in [0.1, 0.15) is 42.6 Å². The average Bonchev–Trinajstić information content (AvgIpc) is 2.63. The fraction of sp³-hybridized carbons (Fsp3) is 0.684. The number of hydrogen-bond acceptors (Lipinski definition) is 5. The quantitative estimate of drug-likeness (QED) is 0.850. The minimum atomic E-state index is -0.291. The monoisotopic (exact) mass is 346 g/mol. The Morgan fingerprint density at radius 3 is 2.88 bits per heavy atom. The molecule has 6 nitrogen and oxygen atoms in total. The maximum Gasteiger partial charge on any atom is 0.273 e.